The summed E-state index contributed by atoms with van der Waals surface area (Å²) >= 11 is 0. The van der Waals surface area contributed by atoms with Crippen molar-refractivity contribution in [1.29, 1.82) is 0 Å². The lowest BCUT2D eigenvalue weighted by atomic mass is 10.0. The number of nitrogens with one attached hydrogen (secondary N) is 1. The van der Waals surface area contributed by atoms with Crippen molar-refractivity contribution in [2.24, 2.45) is 5.92 Å². The van der Waals surface area contributed by atoms with Gasteiger partial charge in [0.15, 0.2) is 0 Å². The van der Waals surface area contributed by atoms with Crippen LogP contribution in [0.2, 0.25) is 0 Å². The van der Waals surface area contributed by atoms with Crippen LogP contribution in [0.3, 0.4) is 0 Å². The molecule has 8 heteroatoms. The second-order valence-corrected chi connectivity index (χ2v) is 5.51. The summed E-state index contributed by atoms with van der Waals surface area (Å²) in [5.74, 6) is -0.112. The molecule has 1 aromatic heterocycles. The summed E-state index contributed by atoms with van der Waals surface area (Å²) in [5.41, 5.74) is 0. The van der Waals surface area contributed by atoms with Gasteiger partial charge in [-0.1, -0.05) is 6.92 Å². The van der Waals surface area contributed by atoms with Gasteiger partial charge in [0.2, 0.25) is 0 Å². The summed E-state index contributed by atoms with van der Waals surface area (Å²) in [7, 11) is 0. The molecule has 1 aliphatic rings. The van der Waals surface area contributed by atoms with Crippen molar-refractivity contribution >= 4 is 12.0 Å². The molecule has 0 spiro atoms. The molecule has 1 aromatic rings. The average molecular weight is 307 g/mol. The summed E-state index contributed by atoms with van der Waals surface area (Å²) in [5, 5.41) is 6.85. The predicted octanol–water partition coefficient (Wildman–Crippen LogP) is 1.29. The van der Waals surface area contributed by atoms with Crippen LogP contribution in [0.15, 0.2) is 24.9 Å². The second kappa shape index (κ2) is 7.06. The molecule has 2 unspecified atom stereocenters. The molecule has 3 atom stereocenters. The molecule has 120 valence electrons. The van der Waals surface area contributed by atoms with Gasteiger partial charge >= 0.3 is 12.0 Å². The fourth-order valence-corrected chi connectivity index (χ4v) is 2.38. The third-order valence-electron chi connectivity index (χ3n) is 3.45. The van der Waals surface area contributed by atoms with Gasteiger partial charge in [-0.05, 0) is 25.3 Å². The number of carbonyl (C=O) groups excluding carboxylic acids is 2. The number of aromatic nitrogens is 3. The Hall–Kier alpha value is -2.38. The highest BCUT2D eigenvalue weighted by atomic mass is 16.5. The predicted molar refractivity (Wildman–Crippen MR) is 78.4 cm³/mol. The lowest BCUT2D eigenvalue weighted by Crippen LogP contribution is -2.47. The van der Waals surface area contributed by atoms with Gasteiger partial charge < -0.3 is 10.1 Å². The number of ether oxygens (including phenoxy) is 1. The number of rotatable bonds is 6. The fourth-order valence-electron chi connectivity index (χ4n) is 2.38. The first-order chi connectivity index (χ1) is 10.5. The maximum atomic E-state index is 12.2. The minimum Gasteiger partial charge on any atom is -0.466 e. The zero-order chi connectivity index (χ0) is 16.1. The molecular formula is C14H21N5O3. The molecule has 22 heavy (non-hydrogen) atoms. The van der Waals surface area contributed by atoms with Crippen molar-refractivity contribution in [2.45, 2.75) is 39.4 Å². The maximum absolute atomic E-state index is 12.2. The number of nitrogens with zero attached hydrogens (tertiary/aromatic N) is 4. The first kappa shape index (κ1) is 16.0. The quantitative estimate of drug-likeness (QED) is 0.800. The van der Waals surface area contributed by atoms with E-state index in [0.717, 1.165) is 6.42 Å². The molecule has 2 heterocycles. The Morgan fingerprint density at radius 1 is 1.50 bits per heavy atom. The van der Waals surface area contributed by atoms with E-state index in [0.29, 0.717) is 6.61 Å². The molecule has 2 rings (SSSR count). The zero-order valence-electron chi connectivity index (χ0n) is 13.0. The van der Waals surface area contributed by atoms with E-state index in [2.05, 4.69) is 15.4 Å². The molecule has 0 fully saturated rings. The van der Waals surface area contributed by atoms with E-state index < -0.39 is 0 Å². The SMILES string of the molecule is CC(=O)OCC(C)C[C@H](C)N1C=CC(n2cncn2)NC1=O. The molecule has 0 saturated heterocycles. The summed E-state index contributed by atoms with van der Waals surface area (Å²) < 4.78 is 6.56. The van der Waals surface area contributed by atoms with Gasteiger partial charge in [0, 0.05) is 19.2 Å². The van der Waals surface area contributed by atoms with E-state index in [4.69, 9.17) is 4.74 Å². The van der Waals surface area contributed by atoms with Crippen molar-refractivity contribution in [3.05, 3.63) is 24.9 Å². The van der Waals surface area contributed by atoms with Crippen molar-refractivity contribution < 1.29 is 14.3 Å². The molecule has 8 nitrogen and oxygen atoms in total. The topological polar surface area (TPSA) is 89.3 Å². The minimum atomic E-state index is -0.322. The summed E-state index contributed by atoms with van der Waals surface area (Å²) in [6.45, 7) is 5.70. The Morgan fingerprint density at radius 2 is 2.27 bits per heavy atom. The number of hydrogen-bond donors (Lipinski definition) is 1. The first-order valence-electron chi connectivity index (χ1n) is 7.22. The minimum absolute atomic E-state index is 0.00138. The highest BCUT2D eigenvalue weighted by molar-refractivity contribution is 5.77. The smallest absolute Gasteiger partial charge is 0.323 e. The summed E-state index contributed by atoms with van der Waals surface area (Å²) in [4.78, 5) is 28.5. The van der Waals surface area contributed by atoms with Crippen LogP contribution in [-0.4, -0.2) is 44.3 Å². The largest absolute Gasteiger partial charge is 0.466 e. The molecule has 0 radical (unpaired) electrons. The van der Waals surface area contributed by atoms with Crippen LogP contribution in [0.1, 0.15) is 33.4 Å². The number of urea groups is 1. The molecular weight excluding hydrogens is 286 g/mol. The van der Waals surface area contributed by atoms with Crippen molar-refractivity contribution in [1.82, 2.24) is 25.0 Å². The standard InChI is InChI=1S/C14H21N5O3/c1-10(7-22-12(3)20)6-11(2)18-5-4-13(17-14(18)21)19-9-15-8-16-19/h4-5,8-11,13H,6-7H2,1-3H3,(H,17,21)/t10?,11-,13?/m0/s1. The normalized spacial score (nSPS) is 20.4. The van der Waals surface area contributed by atoms with Gasteiger partial charge in [0.05, 0.1) is 6.61 Å². The van der Waals surface area contributed by atoms with E-state index in [1.54, 1.807) is 22.1 Å². The number of carbonyl (C=O) groups is 2. The van der Waals surface area contributed by atoms with Crippen LogP contribution in [0.25, 0.3) is 0 Å². The fraction of sp³-hybridized carbons (Fsp3) is 0.571. The highest BCUT2D eigenvalue weighted by Gasteiger charge is 2.26. The molecule has 2 amide bonds. The van der Waals surface area contributed by atoms with Gasteiger partial charge in [-0.25, -0.2) is 14.5 Å². The van der Waals surface area contributed by atoms with E-state index in [1.807, 2.05) is 19.9 Å². The molecule has 0 aliphatic carbocycles. The Balaban J connectivity index is 1.90. The second-order valence-electron chi connectivity index (χ2n) is 5.51. The molecule has 0 bridgehead atoms. The van der Waals surface area contributed by atoms with Crippen molar-refractivity contribution in [3.63, 3.8) is 0 Å². The Kier molecular flexibility index (Phi) is 5.13. The third-order valence-corrected chi connectivity index (χ3v) is 3.45. The molecule has 0 saturated carbocycles. The lowest BCUT2D eigenvalue weighted by Gasteiger charge is -2.32. The van der Waals surface area contributed by atoms with Crippen LogP contribution in [0.4, 0.5) is 4.79 Å². The Labute approximate surface area is 129 Å². The van der Waals surface area contributed by atoms with E-state index in [-0.39, 0.29) is 30.1 Å². The summed E-state index contributed by atoms with van der Waals surface area (Å²) in [6.07, 6.45) is 7.00. The monoisotopic (exact) mass is 307 g/mol. The maximum Gasteiger partial charge on any atom is 0.323 e. The van der Waals surface area contributed by atoms with Gasteiger partial charge in [0.25, 0.3) is 0 Å². The Bertz CT molecular complexity index is 543. The first-order valence-corrected chi connectivity index (χ1v) is 7.22. The highest BCUT2D eigenvalue weighted by Crippen LogP contribution is 2.18. The van der Waals surface area contributed by atoms with Crippen LogP contribution in [-0.2, 0) is 9.53 Å². The summed E-state index contributed by atoms with van der Waals surface area (Å²) in [6, 6.07) is -0.186. The number of hydrogen-bond acceptors (Lipinski definition) is 5. The van der Waals surface area contributed by atoms with E-state index in [9.17, 15) is 9.59 Å². The van der Waals surface area contributed by atoms with Crippen LogP contribution in [0, 0.1) is 5.92 Å². The van der Waals surface area contributed by atoms with Gasteiger partial charge in [-0.3, -0.25) is 9.69 Å². The van der Waals surface area contributed by atoms with Crippen LogP contribution in [0.5, 0.6) is 0 Å². The Morgan fingerprint density at radius 3 is 2.86 bits per heavy atom. The average Bonchev–Trinajstić information content (AvgIpc) is 2.99. The third kappa shape index (κ3) is 4.06. The van der Waals surface area contributed by atoms with Gasteiger partial charge in [-0.2, -0.15) is 5.10 Å². The lowest BCUT2D eigenvalue weighted by molar-refractivity contribution is -0.142. The molecule has 1 N–H and O–H groups in total. The van der Waals surface area contributed by atoms with Crippen LogP contribution < -0.4 is 5.32 Å². The van der Waals surface area contributed by atoms with Crippen LogP contribution >= 0.6 is 0 Å². The number of amides is 2. The van der Waals surface area contributed by atoms with Crippen molar-refractivity contribution in [2.75, 3.05) is 6.61 Å². The van der Waals surface area contributed by atoms with E-state index >= 15 is 0 Å². The number of esters is 1. The molecule has 1 aliphatic heterocycles. The van der Waals surface area contributed by atoms with E-state index in [1.165, 1.54) is 13.3 Å². The molecule has 0 aromatic carbocycles. The van der Waals surface area contributed by atoms with Crippen molar-refractivity contribution in [3.8, 4) is 0 Å². The van der Waals surface area contributed by atoms with Gasteiger partial charge in [0.1, 0.15) is 18.8 Å². The van der Waals surface area contributed by atoms with Gasteiger partial charge in [-0.15, -0.1) is 0 Å². The zero-order valence-corrected chi connectivity index (χ0v) is 13.0.